The number of fused-ring (bicyclic) bond motifs is 6. The number of benzene rings is 8. The first-order valence-corrected chi connectivity index (χ1v) is 19.4. The molecule has 268 valence electrons. The first kappa shape index (κ1) is 32.8. The second-order valence-electron chi connectivity index (χ2n) is 14.7. The van der Waals surface area contributed by atoms with Crippen LogP contribution in [0.2, 0.25) is 0 Å². The predicted molar refractivity (Wildman–Crippen MR) is 237 cm³/mol. The molecular weight excluding hydrogens is 693 g/mol. The fraction of sp³-hybridized carbons (Fsp3) is 0.0189. The summed E-state index contributed by atoms with van der Waals surface area (Å²) >= 11 is 0. The Labute approximate surface area is 330 Å². The summed E-state index contributed by atoms with van der Waals surface area (Å²) in [4.78, 5) is 10.4. The molecule has 0 atom stereocenters. The van der Waals surface area contributed by atoms with Crippen LogP contribution in [0.1, 0.15) is 5.56 Å². The lowest BCUT2D eigenvalue weighted by Crippen LogP contribution is -2.01. The number of hydrogen-bond acceptors (Lipinski definition) is 2. The number of aromatic nitrogens is 4. The van der Waals surface area contributed by atoms with E-state index in [0.717, 1.165) is 56.0 Å². The summed E-state index contributed by atoms with van der Waals surface area (Å²) in [5.74, 6) is 0.714. The third-order valence-electron chi connectivity index (χ3n) is 11.3. The molecule has 3 aromatic heterocycles. The molecule has 0 aliphatic rings. The molecule has 0 aliphatic heterocycles. The molecule has 0 bridgehead atoms. The normalized spacial score (nSPS) is 11.6. The van der Waals surface area contributed by atoms with E-state index in [9.17, 15) is 0 Å². The first-order chi connectivity index (χ1) is 28.2. The van der Waals surface area contributed by atoms with Crippen LogP contribution in [0, 0.1) is 6.92 Å². The maximum absolute atomic E-state index is 5.25. The van der Waals surface area contributed by atoms with Gasteiger partial charge in [0.2, 0.25) is 0 Å². The Morgan fingerprint density at radius 2 is 0.807 bits per heavy atom. The highest BCUT2D eigenvalue weighted by atomic mass is 15.0. The molecule has 11 aromatic rings. The smallest absolute Gasteiger partial charge is 0.160 e. The molecule has 8 aromatic carbocycles. The molecule has 0 saturated carbocycles. The fourth-order valence-electron chi connectivity index (χ4n) is 8.62. The van der Waals surface area contributed by atoms with Gasteiger partial charge in [-0.25, -0.2) is 9.97 Å². The van der Waals surface area contributed by atoms with Gasteiger partial charge in [0.25, 0.3) is 0 Å². The summed E-state index contributed by atoms with van der Waals surface area (Å²) in [6.45, 7) is 2.14. The summed E-state index contributed by atoms with van der Waals surface area (Å²) in [5, 5.41) is 4.93. The molecule has 0 unspecified atom stereocenters. The van der Waals surface area contributed by atoms with Crippen molar-refractivity contribution in [3.05, 3.63) is 206 Å². The van der Waals surface area contributed by atoms with Gasteiger partial charge >= 0.3 is 0 Å². The molecule has 11 rings (SSSR count). The van der Waals surface area contributed by atoms with Gasteiger partial charge < -0.3 is 9.13 Å². The zero-order valence-corrected chi connectivity index (χ0v) is 31.3. The van der Waals surface area contributed by atoms with Gasteiger partial charge in [0.15, 0.2) is 5.82 Å². The second-order valence-corrected chi connectivity index (χ2v) is 14.7. The van der Waals surface area contributed by atoms with Crippen LogP contribution >= 0.6 is 0 Å². The second kappa shape index (κ2) is 13.3. The van der Waals surface area contributed by atoms with Crippen molar-refractivity contribution in [3.8, 4) is 56.4 Å². The van der Waals surface area contributed by atoms with Gasteiger partial charge in [-0.15, -0.1) is 0 Å². The lowest BCUT2D eigenvalue weighted by Gasteiger charge is -2.15. The highest BCUT2D eigenvalue weighted by Gasteiger charge is 2.19. The lowest BCUT2D eigenvalue weighted by molar-refractivity contribution is 1.14. The molecule has 0 fully saturated rings. The molecule has 0 spiro atoms. The lowest BCUT2D eigenvalue weighted by atomic mass is 10.00. The van der Waals surface area contributed by atoms with E-state index in [-0.39, 0.29) is 0 Å². The Hall–Kier alpha value is -7.56. The molecule has 0 aliphatic carbocycles. The van der Waals surface area contributed by atoms with Gasteiger partial charge in [0.05, 0.1) is 33.5 Å². The van der Waals surface area contributed by atoms with Crippen LogP contribution in [-0.4, -0.2) is 19.1 Å². The van der Waals surface area contributed by atoms with Crippen LogP contribution in [0.5, 0.6) is 0 Å². The van der Waals surface area contributed by atoms with E-state index in [2.05, 4.69) is 192 Å². The maximum atomic E-state index is 5.25. The molecule has 3 heterocycles. The Kier molecular flexibility index (Phi) is 7.68. The van der Waals surface area contributed by atoms with Gasteiger partial charge in [-0.2, -0.15) is 0 Å². The summed E-state index contributed by atoms with van der Waals surface area (Å²) in [7, 11) is 0. The Bertz CT molecular complexity index is 3290. The quantitative estimate of drug-likeness (QED) is 0.171. The van der Waals surface area contributed by atoms with Crippen molar-refractivity contribution in [1.82, 2.24) is 19.1 Å². The SMILES string of the molecule is Cc1c(-c2ccccc2)nc(-c2ccccc2)nc1-c1cccc(-n2c3ccccc3c3ccc(-c4ccc5c(c4)c4ccccc4n5-c4ccccc4)cc32)c1. The van der Waals surface area contributed by atoms with Crippen LogP contribution in [0.15, 0.2) is 200 Å². The van der Waals surface area contributed by atoms with Crippen LogP contribution in [0.25, 0.3) is 100 Å². The van der Waals surface area contributed by atoms with Crippen molar-refractivity contribution < 1.29 is 0 Å². The average Bonchev–Trinajstić information content (AvgIpc) is 3.79. The van der Waals surface area contributed by atoms with Crippen molar-refractivity contribution in [2.24, 2.45) is 0 Å². The van der Waals surface area contributed by atoms with E-state index in [1.165, 1.54) is 43.7 Å². The largest absolute Gasteiger partial charge is 0.309 e. The third-order valence-corrected chi connectivity index (χ3v) is 11.3. The summed E-state index contributed by atoms with van der Waals surface area (Å²) < 4.78 is 4.78. The Morgan fingerprint density at radius 3 is 1.53 bits per heavy atom. The number of rotatable bonds is 6. The molecule has 0 amide bonds. The molecule has 4 nitrogen and oxygen atoms in total. The first-order valence-electron chi connectivity index (χ1n) is 19.4. The van der Waals surface area contributed by atoms with E-state index in [1.807, 2.05) is 24.3 Å². The van der Waals surface area contributed by atoms with E-state index in [0.29, 0.717) is 5.82 Å². The van der Waals surface area contributed by atoms with Crippen LogP contribution < -0.4 is 0 Å². The molecule has 4 heteroatoms. The number of nitrogens with zero attached hydrogens (tertiary/aromatic N) is 4. The molecular formula is C53H36N4. The zero-order chi connectivity index (χ0) is 37.9. The standard InChI is InChI=1S/C53H36N4/c1-35-51(36-16-5-2-6-17-36)54-53(37-18-7-3-8-19-37)55-52(35)40-20-15-23-42(32-40)57-47-26-13-11-24-43(47)45-30-28-39(34-50(45)57)38-29-31-49-46(33-38)44-25-12-14-27-48(44)56(49)41-21-9-4-10-22-41/h2-34H,1H3. The van der Waals surface area contributed by atoms with Gasteiger partial charge in [0.1, 0.15) is 0 Å². The van der Waals surface area contributed by atoms with Gasteiger partial charge in [0, 0.05) is 55.2 Å². The van der Waals surface area contributed by atoms with Crippen molar-refractivity contribution in [2.75, 3.05) is 0 Å². The van der Waals surface area contributed by atoms with Crippen LogP contribution in [0.4, 0.5) is 0 Å². The van der Waals surface area contributed by atoms with E-state index < -0.39 is 0 Å². The van der Waals surface area contributed by atoms with E-state index in [1.54, 1.807) is 0 Å². The Morgan fingerprint density at radius 1 is 0.316 bits per heavy atom. The van der Waals surface area contributed by atoms with Gasteiger partial charge in [-0.1, -0.05) is 146 Å². The van der Waals surface area contributed by atoms with Crippen LogP contribution in [-0.2, 0) is 0 Å². The third kappa shape index (κ3) is 5.45. The molecule has 0 saturated heterocycles. The number of hydrogen-bond donors (Lipinski definition) is 0. The predicted octanol–water partition coefficient (Wildman–Crippen LogP) is 13.6. The highest BCUT2D eigenvalue weighted by Crippen LogP contribution is 2.39. The Balaban J connectivity index is 1.09. The summed E-state index contributed by atoms with van der Waals surface area (Å²) in [6, 6.07) is 71.4. The fourth-order valence-corrected chi connectivity index (χ4v) is 8.62. The average molecular weight is 729 g/mol. The minimum atomic E-state index is 0.714. The van der Waals surface area contributed by atoms with Crippen molar-refractivity contribution in [3.63, 3.8) is 0 Å². The highest BCUT2D eigenvalue weighted by molar-refractivity contribution is 6.12. The van der Waals surface area contributed by atoms with E-state index in [4.69, 9.17) is 9.97 Å². The van der Waals surface area contributed by atoms with Gasteiger partial charge in [-0.3, -0.25) is 0 Å². The topological polar surface area (TPSA) is 35.6 Å². The van der Waals surface area contributed by atoms with Crippen molar-refractivity contribution >= 4 is 43.6 Å². The molecule has 0 N–H and O–H groups in total. The summed E-state index contributed by atoms with van der Waals surface area (Å²) in [5.41, 5.74) is 15.4. The van der Waals surface area contributed by atoms with Crippen LogP contribution in [0.3, 0.4) is 0 Å². The maximum Gasteiger partial charge on any atom is 0.160 e. The van der Waals surface area contributed by atoms with Gasteiger partial charge in [-0.05, 0) is 72.6 Å². The van der Waals surface area contributed by atoms with Crippen molar-refractivity contribution in [2.45, 2.75) is 6.92 Å². The zero-order valence-electron chi connectivity index (χ0n) is 31.3. The molecule has 57 heavy (non-hydrogen) atoms. The monoisotopic (exact) mass is 728 g/mol. The minimum Gasteiger partial charge on any atom is -0.309 e. The number of para-hydroxylation sites is 3. The minimum absolute atomic E-state index is 0.714. The van der Waals surface area contributed by atoms with Crippen molar-refractivity contribution in [1.29, 1.82) is 0 Å². The van der Waals surface area contributed by atoms with E-state index >= 15 is 0 Å². The summed E-state index contributed by atoms with van der Waals surface area (Å²) in [6.07, 6.45) is 0. The molecule has 0 radical (unpaired) electrons.